The molecule has 0 spiro atoms. The van der Waals surface area contributed by atoms with Crippen LogP contribution in [0.5, 0.6) is 0 Å². The third-order valence-corrected chi connectivity index (χ3v) is 15.1. The van der Waals surface area contributed by atoms with Gasteiger partial charge in [0, 0.05) is 69.4 Å². The number of amides is 6. The zero-order valence-corrected chi connectivity index (χ0v) is 37.4. The minimum atomic E-state index is -0.992. The summed E-state index contributed by atoms with van der Waals surface area (Å²) in [7, 11) is 0. The fourth-order valence-electron chi connectivity index (χ4n) is 11.1. The second-order valence-corrected chi connectivity index (χ2v) is 19.3. The van der Waals surface area contributed by atoms with Crippen LogP contribution in [-0.4, -0.2) is 134 Å². The van der Waals surface area contributed by atoms with E-state index in [1.54, 1.807) is 18.5 Å². The van der Waals surface area contributed by atoms with E-state index in [0.29, 0.717) is 31.3 Å². The minimum Gasteiger partial charge on any atom is -0.371 e. The molecule has 3 N–H and O–H groups in total. The van der Waals surface area contributed by atoms with Gasteiger partial charge in [-0.25, -0.2) is 15.0 Å². The van der Waals surface area contributed by atoms with Gasteiger partial charge in [0.15, 0.2) is 11.5 Å². The Kier molecular flexibility index (Phi) is 12.5. The lowest BCUT2D eigenvalue weighted by molar-refractivity contribution is -0.138. The number of imidazole rings is 1. The molecule has 5 fully saturated rings. The van der Waals surface area contributed by atoms with Crippen LogP contribution in [0.15, 0.2) is 61.2 Å². The van der Waals surface area contributed by atoms with Crippen LogP contribution >= 0.6 is 0 Å². The predicted octanol–water partition coefficient (Wildman–Crippen LogP) is 3.96. The Hall–Kier alpha value is -6.23. The highest BCUT2D eigenvalue weighted by atomic mass is 16.2. The molecule has 1 atom stereocenters. The van der Waals surface area contributed by atoms with Crippen LogP contribution in [0.4, 0.5) is 11.5 Å². The molecule has 0 radical (unpaired) electrons. The summed E-state index contributed by atoms with van der Waals surface area (Å²) in [6.07, 6.45) is 12.7. The Morgan fingerprint density at radius 2 is 1.52 bits per heavy atom. The molecule has 2 aromatic carbocycles. The van der Waals surface area contributed by atoms with E-state index in [1.165, 1.54) is 12.8 Å². The molecular formula is C49H59N11O6. The van der Waals surface area contributed by atoms with Crippen molar-refractivity contribution in [2.24, 2.45) is 17.8 Å². The molecule has 6 aliphatic rings. The Morgan fingerprint density at radius 1 is 0.773 bits per heavy atom. The molecule has 17 nitrogen and oxygen atoms in total. The van der Waals surface area contributed by atoms with E-state index < -0.39 is 29.7 Å². The number of piperidine rings is 4. The first-order chi connectivity index (χ1) is 32.1. The van der Waals surface area contributed by atoms with E-state index in [1.807, 2.05) is 42.7 Å². The average Bonchev–Trinajstić information content (AvgIpc) is 3.86. The van der Waals surface area contributed by atoms with Gasteiger partial charge in [-0.05, 0) is 113 Å². The van der Waals surface area contributed by atoms with E-state index in [0.717, 1.165) is 117 Å². The molecule has 6 amide bonds. The lowest BCUT2D eigenvalue weighted by Crippen LogP contribution is -2.54. The average molecular weight is 898 g/mol. The van der Waals surface area contributed by atoms with Crippen molar-refractivity contribution in [3.8, 4) is 0 Å². The monoisotopic (exact) mass is 897 g/mol. The number of anilines is 2. The number of likely N-dealkylation sites (tertiary alicyclic amines) is 2. The molecule has 4 aromatic rings. The summed E-state index contributed by atoms with van der Waals surface area (Å²) in [4.78, 5) is 98.5. The number of hydrogen-bond acceptors (Lipinski definition) is 12. The Balaban J connectivity index is 0.615. The number of aromatic nitrogens is 4. The quantitative estimate of drug-likeness (QED) is 0.164. The summed E-state index contributed by atoms with van der Waals surface area (Å²) >= 11 is 0. The molecule has 10 rings (SSSR count). The number of carbonyl (C=O) groups is 6. The van der Waals surface area contributed by atoms with Gasteiger partial charge in [0.25, 0.3) is 11.8 Å². The van der Waals surface area contributed by atoms with E-state index in [4.69, 9.17) is 4.98 Å². The van der Waals surface area contributed by atoms with Crippen LogP contribution in [-0.2, 0) is 25.6 Å². The van der Waals surface area contributed by atoms with Gasteiger partial charge in [-0.15, -0.1) is 0 Å². The van der Waals surface area contributed by atoms with Gasteiger partial charge in [-0.2, -0.15) is 0 Å². The third kappa shape index (κ3) is 9.13. The summed E-state index contributed by atoms with van der Waals surface area (Å²) in [5, 5.41) is 8.97. The van der Waals surface area contributed by atoms with E-state index in [-0.39, 0.29) is 53.8 Å². The number of benzene rings is 2. The number of imide groups is 2. The highest BCUT2D eigenvalue weighted by Crippen LogP contribution is 2.36. The number of fused-ring (bicyclic) bond motifs is 2. The summed E-state index contributed by atoms with van der Waals surface area (Å²) in [6, 6.07) is 14.5. The first-order valence-corrected chi connectivity index (χ1v) is 24.0. The molecule has 0 unspecified atom stereocenters. The van der Waals surface area contributed by atoms with E-state index in [9.17, 15) is 28.8 Å². The number of nitrogens with zero attached hydrogens (tertiary/aromatic N) is 8. The Bertz CT molecular complexity index is 2480. The second-order valence-electron chi connectivity index (χ2n) is 19.3. The highest BCUT2D eigenvalue weighted by molar-refractivity contribution is 6.23. The second kappa shape index (κ2) is 18.9. The molecule has 1 saturated carbocycles. The molecule has 1 aliphatic carbocycles. The Morgan fingerprint density at radius 3 is 2.27 bits per heavy atom. The summed E-state index contributed by atoms with van der Waals surface area (Å²) in [5.74, 6) is 0.261. The van der Waals surface area contributed by atoms with Crippen molar-refractivity contribution in [1.82, 2.24) is 44.9 Å². The van der Waals surface area contributed by atoms with Crippen molar-refractivity contribution < 1.29 is 28.8 Å². The standard InChI is InChI=1S/C49H59N11O6/c61-41-9-8-40(46(63)55-41)60-48(65)38-7-6-36(27-39(38)49(60)66)57-22-15-34(16-23-57)47(64)58-20-13-33(14-21-58)28-56-18-11-31(12-19-56)10-17-50-44-43-45(52-29-51-44)59(30-53-43)37-25-35(26-37)54-42(62)24-32-4-2-1-3-5-32/h1-7,27,29-31,33-35,37,40H,8-26,28H2,(H,54,62)(H,50,51,52)(H,55,61,63)/t35?,37?,40-/m0/s1. The van der Waals surface area contributed by atoms with Gasteiger partial charge in [-0.3, -0.25) is 39.0 Å². The summed E-state index contributed by atoms with van der Waals surface area (Å²) in [6.45, 7) is 7.09. The zero-order chi connectivity index (χ0) is 45.3. The molecule has 5 aliphatic heterocycles. The first-order valence-electron chi connectivity index (χ1n) is 24.0. The molecule has 7 heterocycles. The van der Waals surface area contributed by atoms with Crippen LogP contribution in [0.1, 0.15) is 103 Å². The van der Waals surface area contributed by atoms with Gasteiger partial charge in [-0.1, -0.05) is 30.3 Å². The maximum atomic E-state index is 13.7. The van der Waals surface area contributed by atoms with Gasteiger partial charge in [0.05, 0.1) is 23.9 Å². The van der Waals surface area contributed by atoms with Crippen molar-refractivity contribution in [2.75, 3.05) is 62.6 Å². The molecule has 0 bridgehead atoms. The van der Waals surface area contributed by atoms with Gasteiger partial charge >= 0.3 is 0 Å². The largest absolute Gasteiger partial charge is 0.371 e. The maximum Gasteiger partial charge on any atom is 0.262 e. The third-order valence-electron chi connectivity index (χ3n) is 15.1. The van der Waals surface area contributed by atoms with Crippen molar-refractivity contribution in [3.63, 3.8) is 0 Å². The van der Waals surface area contributed by atoms with Crippen molar-refractivity contribution in [3.05, 3.63) is 77.9 Å². The van der Waals surface area contributed by atoms with Crippen molar-refractivity contribution in [2.45, 2.75) is 95.2 Å². The number of nitrogens with one attached hydrogen (secondary N) is 3. The minimum absolute atomic E-state index is 0.0300. The van der Waals surface area contributed by atoms with E-state index >= 15 is 0 Å². The fraction of sp³-hybridized carbons (Fsp3) is 0.531. The van der Waals surface area contributed by atoms with Crippen LogP contribution in [0.25, 0.3) is 11.2 Å². The van der Waals surface area contributed by atoms with Crippen molar-refractivity contribution in [1.29, 1.82) is 0 Å². The number of hydrogen-bond donors (Lipinski definition) is 3. The lowest BCUT2D eigenvalue weighted by atomic mass is 9.86. The van der Waals surface area contributed by atoms with Crippen LogP contribution in [0.3, 0.4) is 0 Å². The molecule has 346 valence electrons. The predicted molar refractivity (Wildman–Crippen MR) is 245 cm³/mol. The molecular weight excluding hydrogens is 839 g/mol. The van der Waals surface area contributed by atoms with Crippen LogP contribution in [0, 0.1) is 17.8 Å². The molecule has 4 saturated heterocycles. The summed E-state index contributed by atoms with van der Waals surface area (Å²) in [5.41, 5.74) is 4.00. The fourth-order valence-corrected chi connectivity index (χ4v) is 11.1. The van der Waals surface area contributed by atoms with Gasteiger partial charge in [0.2, 0.25) is 23.6 Å². The normalized spacial score (nSPS) is 23.5. The highest BCUT2D eigenvalue weighted by Gasteiger charge is 2.45. The van der Waals surface area contributed by atoms with Crippen LogP contribution in [0.2, 0.25) is 0 Å². The van der Waals surface area contributed by atoms with E-state index in [2.05, 4.69) is 45.2 Å². The zero-order valence-electron chi connectivity index (χ0n) is 37.4. The van der Waals surface area contributed by atoms with Crippen LogP contribution < -0.4 is 20.9 Å². The molecule has 66 heavy (non-hydrogen) atoms. The molecule has 2 aromatic heterocycles. The number of rotatable bonds is 13. The maximum absolute atomic E-state index is 13.7. The number of carbonyl (C=O) groups excluding carboxylic acids is 6. The SMILES string of the molecule is O=C1CC[C@H](N2C(=O)c3ccc(N4CCC(C(=O)N5CCC(CN6CCC(CCNc7ncnc8c7ncn8C7CC(NC(=O)Cc8ccccc8)C7)CC6)CC5)CC4)cc3C2=O)C(=O)N1. The summed E-state index contributed by atoms with van der Waals surface area (Å²) < 4.78 is 2.13. The lowest BCUT2D eigenvalue weighted by Gasteiger charge is -2.40. The molecule has 17 heteroatoms. The Labute approximate surface area is 384 Å². The smallest absolute Gasteiger partial charge is 0.262 e. The van der Waals surface area contributed by atoms with Crippen molar-refractivity contribution >= 4 is 58.1 Å². The van der Waals surface area contributed by atoms with Gasteiger partial charge < -0.3 is 29.9 Å². The topological polar surface area (TPSA) is 195 Å². The van der Waals surface area contributed by atoms with Gasteiger partial charge in [0.1, 0.15) is 17.9 Å². The first kappa shape index (κ1) is 43.7.